The Bertz CT molecular complexity index is 769. The molecule has 1 aromatic carbocycles. The van der Waals surface area contributed by atoms with E-state index in [-0.39, 0.29) is 5.75 Å². The molecule has 0 atom stereocenters. The molecule has 0 aliphatic rings. The van der Waals surface area contributed by atoms with Gasteiger partial charge in [-0.1, -0.05) is 6.08 Å². The predicted molar refractivity (Wildman–Crippen MR) is 88.9 cm³/mol. The third-order valence-electron chi connectivity index (χ3n) is 3.04. The minimum Gasteiger partial charge on any atom is -0.504 e. The monoisotopic (exact) mass is 312 g/mol. The molecule has 1 heterocycles. The summed E-state index contributed by atoms with van der Waals surface area (Å²) in [6, 6.07) is 5.68. The number of hydrogen-bond acceptors (Lipinski definition) is 5. The summed E-state index contributed by atoms with van der Waals surface area (Å²) in [5.74, 6) is 0.473. The first-order valence-corrected chi connectivity index (χ1v) is 7.52. The van der Waals surface area contributed by atoms with Crippen molar-refractivity contribution in [2.45, 2.75) is 13.3 Å². The second-order valence-electron chi connectivity index (χ2n) is 4.69. The highest BCUT2D eigenvalue weighted by Crippen LogP contribution is 2.33. The molecule has 2 rings (SSSR count). The summed E-state index contributed by atoms with van der Waals surface area (Å²) in [7, 11) is 1.50. The first kappa shape index (κ1) is 15.8. The van der Waals surface area contributed by atoms with Crippen molar-refractivity contribution >= 4 is 23.0 Å². The van der Waals surface area contributed by atoms with E-state index in [1.807, 2.05) is 18.4 Å². The van der Waals surface area contributed by atoms with E-state index in [0.717, 1.165) is 11.3 Å². The molecule has 0 saturated heterocycles. The first-order chi connectivity index (χ1) is 10.6. The molecular formula is C17H16N2O2S. The second kappa shape index (κ2) is 6.92. The van der Waals surface area contributed by atoms with Gasteiger partial charge in [0.15, 0.2) is 11.5 Å². The third-order valence-corrected chi connectivity index (χ3v) is 4.03. The molecule has 4 nitrogen and oxygen atoms in total. The number of allylic oxidation sites excluding steroid dienone is 2. The van der Waals surface area contributed by atoms with Crippen molar-refractivity contribution < 1.29 is 9.84 Å². The number of phenolic OH excluding ortho intramolecular Hbond substituents is 1. The fraction of sp³-hybridized carbons (Fsp3) is 0.176. The molecule has 0 saturated carbocycles. The smallest absolute Gasteiger partial charge is 0.161 e. The maximum atomic E-state index is 10.1. The number of phenols is 1. The van der Waals surface area contributed by atoms with Crippen LogP contribution in [-0.2, 0) is 6.42 Å². The van der Waals surface area contributed by atoms with Crippen molar-refractivity contribution in [1.82, 2.24) is 4.98 Å². The molecule has 0 aliphatic carbocycles. The van der Waals surface area contributed by atoms with E-state index in [0.29, 0.717) is 28.3 Å². The molecule has 112 valence electrons. The van der Waals surface area contributed by atoms with Crippen molar-refractivity contribution in [1.29, 1.82) is 5.26 Å². The Hall–Kier alpha value is -2.58. The van der Waals surface area contributed by atoms with Crippen LogP contribution >= 0.6 is 11.3 Å². The van der Waals surface area contributed by atoms with Gasteiger partial charge in [0.2, 0.25) is 0 Å². The standard InChI is InChI=1S/C17H16N2O2S/c1-4-5-13-6-12(8-15(21-3)16(13)20)7-14(9-18)17-19-11(2)10-22-17/h4,6-8,10,20H,1,5H2,2-3H3. The van der Waals surface area contributed by atoms with Crippen LogP contribution in [0, 0.1) is 18.3 Å². The van der Waals surface area contributed by atoms with Crippen molar-refractivity contribution in [3.63, 3.8) is 0 Å². The van der Waals surface area contributed by atoms with E-state index in [1.54, 1.807) is 18.2 Å². The zero-order valence-electron chi connectivity index (χ0n) is 12.5. The number of rotatable bonds is 5. The molecule has 2 aromatic rings. The summed E-state index contributed by atoms with van der Waals surface area (Å²) >= 11 is 1.43. The lowest BCUT2D eigenvalue weighted by Gasteiger charge is -2.09. The quantitative estimate of drug-likeness (QED) is 0.670. The van der Waals surface area contributed by atoms with Crippen molar-refractivity contribution in [3.8, 4) is 17.6 Å². The van der Waals surface area contributed by atoms with Gasteiger partial charge in [-0.3, -0.25) is 0 Å². The summed E-state index contributed by atoms with van der Waals surface area (Å²) < 4.78 is 5.19. The number of aromatic hydroxyl groups is 1. The molecule has 5 heteroatoms. The molecule has 0 spiro atoms. The largest absolute Gasteiger partial charge is 0.504 e. The molecule has 1 N–H and O–H groups in total. The fourth-order valence-corrected chi connectivity index (χ4v) is 2.79. The summed E-state index contributed by atoms with van der Waals surface area (Å²) in [6.07, 6.45) is 3.96. The van der Waals surface area contributed by atoms with Gasteiger partial charge in [0, 0.05) is 16.6 Å². The average Bonchev–Trinajstić information content (AvgIpc) is 2.94. The van der Waals surface area contributed by atoms with Crippen LogP contribution in [-0.4, -0.2) is 17.2 Å². The van der Waals surface area contributed by atoms with E-state index < -0.39 is 0 Å². The summed E-state index contributed by atoms with van der Waals surface area (Å²) in [4.78, 5) is 4.33. The normalized spacial score (nSPS) is 11.0. The summed E-state index contributed by atoms with van der Waals surface area (Å²) in [5.41, 5.74) is 2.84. The number of methoxy groups -OCH3 is 1. The van der Waals surface area contributed by atoms with Crippen LogP contribution in [0.1, 0.15) is 21.8 Å². The topological polar surface area (TPSA) is 66.1 Å². The molecular weight excluding hydrogens is 296 g/mol. The zero-order chi connectivity index (χ0) is 16.1. The summed E-state index contributed by atoms with van der Waals surface area (Å²) in [5, 5.41) is 22.0. The first-order valence-electron chi connectivity index (χ1n) is 6.64. The lowest BCUT2D eigenvalue weighted by molar-refractivity contribution is 0.371. The Labute approximate surface area is 133 Å². The predicted octanol–water partition coefficient (Wildman–Crippen LogP) is 3.96. The van der Waals surface area contributed by atoms with Gasteiger partial charge in [0.25, 0.3) is 0 Å². The Kier molecular flexibility index (Phi) is 4.97. The van der Waals surface area contributed by atoms with Gasteiger partial charge in [-0.05, 0) is 37.1 Å². The molecule has 0 aliphatic heterocycles. The molecule has 22 heavy (non-hydrogen) atoms. The van der Waals surface area contributed by atoms with Gasteiger partial charge in [-0.25, -0.2) is 4.98 Å². The van der Waals surface area contributed by atoms with Crippen LogP contribution in [0.2, 0.25) is 0 Å². The SMILES string of the molecule is C=CCc1cc(C=C(C#N)c2nc(C)cs2)cc(OC)c1O. The van der Waals surface area contributed by atoms with E-state index in [4.69, 9.17) is 4.74 Å². The van der Waals surface area contributed by atoms with Gasteiger partial charge >= 0.3 is 0 Å². The number of ether oxygens (including phenoxy) is 1. The van der Waals surface area contributed by atoms with Crippen LogP contribution in [0.4, 0.5) is 0 Å². The van der Waals surface area contributed by atoms with Crippen LogP contribution < -0.4 is 4.74 Å². The van der Waals surface area contributed by atoms with E-state index in [2.05, 4.69) is 17.6 Å². The number of benzene rings is 1. The molecule has 0 fully saturated rings. The van der Waals surface area contributed by atoms with Crippen LogP contribution in [0.15, 0.2) is 30.2 Å². The highest BCUT2D eigenvalue weighted by Gasteiger charge is 2.11. The van der Waals surface area contributed by atoms with Crippen LogP contribution in [0.25, 0.3) is 11.6 Å². The van der Waals surface area contributed by atoms with E-state index in [9.17, 15) is 10.4 Å². The Morgan fingerprint density at radius 1 is 1.55 bits per heavy atom. The maximum Gasteiger partial charge on any atom is 0.161 e. The molecule has 0 unspecified atom stereocenters. The van der Waals surface area contributed by atoms with Gasteiger partial charge in [0.1, 0.15) is 11.1 Å². The van der Waals surface area contributed by atoms with Gasteiger partial charge in [-0.15, -0.1) is 17.9 Å². The Balaban J connectivity index is 2.51. The van der Waals surface area contributed by atoms with Gasteiger partial charge < -0.3 is 9.84 Å². The molecule has 0 bridgehead atoms. The van der Waals surface area contributed by atoms with Crippen molar-refractivity contribution in [3.05, 3.63) is 52.0 Å². The van der Waals surface area contributed by atoms with Crippen molar-refractivity contribution in [2.24, 2.45) is 0 Å². The lowest BCUT2D eigenvalue weighted by Crippen LogP contribution is -1.91. The summed E-state index contributed by atoms with van der Waals surface area (Å²) in [6.45, 7) is 5.57. The van der Waals surface area contributed by atoms with Gasteiger partial charge in [-0.2, -0.15) is 5.26 Å². The Morgan fingerprint density at radius 2 is 2.32 bits per heavy atom. The van der Waals surface area contributed by atoms with Crippen molar-refractivity contribution in [2.75, 3.05) is 7.11 Å². The number of hydrogen-bond donors (Lipinski definition) is 1. The number of nitriles is 1. The minimum absolute atomic E-state index is 0.100. The fourth-order valence-electron chi connectivity index (χ4n) is 2.03. The number of thiazole rings is 1. The van der Waals surface area contributed by atoms with Gasteiger partial charge in [0.05, 0.1) is 12.7 Å². The highest BCUT2D eigenvalue weighted by atomic mass is 32.1. The number of nitrogens with zero attached hydrogens (tertiary/aromatic N) is 2. The van der Waals surface area contributed by atoms with Crippen LogP contribution in [0.5, 0.6) is 11.5 Å². The molecule has 0 amide bonds. The van der Waals surface area contributed by atoms with E-state index in [1.165, 1.54) is 18.4 Å². The minimum atomic E-state index is 0.100. The highest BCUT2D eigenvalue weighted by molar-refractivity contribution is 7.11. The molecule has 0 radical (unpaired) electrons. The van der Waals surface area contributed by atoms with Crippen LogP contribution in [0.3, 0.4) is 0 Å². The maximum absolute atomic E-state index is 10.1. The number of aromatic nitrogens is 1. The Morgan fingerprint density at radius 3 is 2.86 bits per heavy atom. The van der Waals surface area contributed by atoms with E-state index >= 15 is 0 Å². The average molecular weight is 312 g/mol. The number of aryl methyl sites for hydroxylation is 1. The zero-order valence-corrected chi connectivity index (χ0v) is 13.3. The molecule has 1 aromatic heterocycles. The third kappa shape index (κ3) is 3.35. The lowest BCUT2D eigenvalue weighted by atomic mass is 10.0. The second-order valence-corrected chi connectivity index (χ2v) is 5.55.